The summed E-state index contributed by atoms with van der Waals surface area (Å²) in [5.74, 6) is 0.548. The number of unbranched alkanes of at least 4 members (excludes halogenated alkanes) is 2. The lowest BCUT2D eigenvalue weighted by atomic mass is 10.0. The first-order valence-corrected chi connectivity index (χ1v) is 13.5. The maximum atomic E-state index is 15.0. The van der Waals surface area contributed by atoms with Crippen LogP contribution in [0.3, 0.4) is 0 Å². The normalized spacial score (nSPS) is 11.8. The molecule has 0 aromatic heterocycles. The highest BCUT2D eigenvalue weighted by atomic mass is 19.1. The van der Waals surface area contributed by atoms with Gasteiger partial charge in [-0.1, -0.05) is 44.9 Å². The summed E-state index contributed by atoms with van der Waals surface area (Å²) in [6.45, 7) is 9.67. The third kappa shape index (κ3) is 6.32. The summed E-state index contributed by atoms with van der Waals surface area (Å²) in [5.41, 5.74) is 1.46. The Hall–Kier alpha value is -3.48. The van der Waals surface area contributed by atoms with Gasteiger partial charge in [0.25, 0.3) is 0 Å². The van der Waals surface area contributed by atoms with E-state index in [4.69, 9.17) is 18.9 Å². The van der Waals surface area contributed by atoms with Crippen LogP contribution in [0, 0.1) is 5.82 Å². The molecule has 1 atom stereocenters. The summed E-state index contributed by atoms with van der Waals surface area (Å²) in [7, 11) is 3.02. The van der Waals surface area contributed by atoms with E-state index >= 15 is 0 Å². The van der Waals surface area contributed by atoms with Crippen molar-refractivity contribution in [1.29, 1.82) is 0 Å². The molecule has 206 valence electrons. The number of nitrogens with zero attached hydrogens (tertiary/aromatic N) is 1. The highest BCUT2D eigenvalue weighted by Gasteiger charge is 2.28. The van der Waals surface area contributed by atoms with Gasteiger partial charge in [0.2, 0.25) is 11.5 Å². The van der Waals surface area contributed by atoms with Crippen molar-refractivity contribution < 1.29 is 28.1 Å². The van der Waals surface area contributed by atoms with E-state index in [0.29, 0.717) is 34.3 Å². The number of benzene rings is 3. The standard InChI is InChI=1S/C31H40FNO5/c1-7-11-12-17-26(23-15-13-14-16-25(23)32)37-28-22-19-18-21(33(9-3)10-4)20-24(22)29(38-27(34)8-2)31(36-6)30(28)35-5/h13-16,18-20,26H,7-12,17H2,1-6H3. The van der Waals surface area contributed by atoms with Gasteiger partial charge in [-0.05, 0) is 51.0 Å². The van der Waals surface area contributed by atoms with E-state index in [0.717, 1.165) is 38.0 Å². The van der Waals surface area contributed by atoms with Gasteiger partial charge in [-0.15, -0.1) is 0 Å². The van der Waals surface area contributed by atoms with Crippen LogP contribution in [0.25, 0.3) is 10.8 Å². The third-order valence-corrected chi connectivity index (χ3v) is 6.73. The molecule has 6 nitrogen and oxygen atoms in total. The fourth-order valence-electron chi connectivity index (χ4n) is 4.67. The van der Waals surface area contributed by atoms with Crippen molar-refractivity contribution in [3.8, 4) is 23.0 Å². The molecule has 0 aliphatic heterocycles. The van der Waals surface area contributed by atoms with Crippen molar-refractivity contribution in [2.24, 2.45) is 0 Å². The molecule has 0 aliphatic rings. The molecule has 0 spiro atoms. The number of carbonyl (C=O) groups excluding carboxylic acids is 1. The zero-order valence-electron chi connectivity index (χ0n) is 23.4. The van der Waals surface area contributed by atoms with Crippen molar-refractivity contribution in [2.75, 3.05) is 32.2 Å². The molecule has 0 saturated carbocycles. The molecule has 3 aromatic carbocycles. The van der Waals surface area contributed by atoms with Crippen LogP contribution in [0.1, 0.15) is 71.5 Å². The lowest BCUT2D eigenvalue weighted by Gasteiger charge is -2.26. The van der Waals surface area contributed by atoms with Gasteiger partial charge in [0.05, 0.1) is 14.2 Å². The van der Waals surface area contributed by atoms with Gasteiger partial charge in [0, 0.05) is 41.5 Å². The maximum absolute atomic E-state index is 15.0. The molecule has 0 aliphatic carbocycles. The summed E-state index contributed by atoms with van der Waals surface area (Å²) in [6, 6.07) is 12.6. The van der Waals surface area contributed by atoms with Gasteiger partial charge in [-0.2, -0.15) is 0 Å². The van der Waals surface area contributed by atoms with Gasteiger partial charge in [0.1, 0.15) is 11.9 Å². The molecule has 0 amide bonds. The second-order valence-corrected chi connectivity index (χ2v) is 9.08. The first kappa shape index (κ1) is 29.1. The van der Waals surface area contributed by atoms with E-state index in [1.807, 2.05) is 24.3 Å². The number of hydrogen-bond donors (Lipinski definition) is 0. The lowest BCUT2D eigenvalue weighted by Crippen LogP contribution is -2.21. The van der Waals surface area contributed by atoms with E-state index in [-0.39, 0.29) is 23.7 Å². The zero-order valence-corrected chi connectivity index (χ0v) is 23.4. The van der Waals surface area contributed by atoms with Crippen LogP contribution >= 0.6 is 0 Å². The Kier molecular flexibility index (Phi) is 10.6. The quantitative estimate of drug-likeness (QED) is 0.121. The minimum Gasteiger partial charge on any atom is -0.490 e. The van der Waals surface area contributed by atoms with Crippen LogP contribution in [0.2, 0.25) is 0 Å². The van der Waals surface area contributed by atoms with Crippen molar-refractivity contribution in [3.63, 3.8) is 0 Å². The lowest BCUT2D eigenvalue weighted by molar-refractivity contribution is -0.134. The second-order valence-electron chi connectivity index (χ2n) is 9.08. The molecule has 0 bridgehead atoms. The average Bonchev–Trinajstić information content (AvgIpc) is 2.94. The number of hydrogen-bond acceptors (Lipinski definition) is 6. The molecule has 0 fully saturated rings. The van der Waals surface area contributed by atoms with Crippen molar-refractivity contribution >= 4 is 22.4 Å². The van der Waals surface area contributed by atoms with Crippen LogP contribution in [0.15, 0.2) is 42.5 Å². The Labute approximate surface area is 225 Å². The molecule has 0 heterocycles. The minimum absolute atomic E-state index is 0.202. The van der Waals surface area contributed by atoms with E-state index in [1.54, 1.807) is 19.1 Å². The Morgan fingerprint density at radius 2 is 1.55 bits per heavy atom. The fraction of sp³-hybridized carbons (Fsp3) is 0.452. The van der Waals surface area contributed by atoms with Crippen molar-refractivity contribution in [1.82, 2.24) is 0 Å². The van der Waals surface area contributed by atoms with Crippen molar-refractivity contribution in [3.05, 3.63) is 53.8 Å². The molecule has 38 heavy (non-hydrogen) atoms. The second kappa shape index (κ2) is 13.9. The summed E-state index contributed by atoms with van der Waals surface area (Å²) >= 11 is 0. The van der Waals surface area contributed by atoms with Crippen LogP contribution in [-0.4, -0.2) is 33.3 Å². The van der Waals surface area contributed by atoms with E-state index < -0.39 is 12.1 Å². The number of ether oxygens (including phenoxy) is 4. The highest BCUT2D eigenvalue weighted by molar-refractivity contribution is 6.01. The topological polar surface area (TPSA) is 57.2 Å². The van der Waals surface area contributed by atoms with Gasteiger partial charge < -0.3 is 23.8 Å². The predicted molar refractivity (Wildman–Crippen MR) is 150 cm³/mol. The van der Waals surface area contributed by atoms with Crippen LogP contribution < -0.4 is 23.8 Å². The van der Waals surface area contributed by atoms with Gasteiger partial charge in [-0.25, -0.2) is 4.39 Å². The van der Waals surface area contributed by atoms with Gasteiger partial charge in [0.15, 0.2) is 11.5 Å². The average molecular weight is 526 g/mol. The number of esters is 1. The summed E-state index contributed by atoms with van der Waals surface area (Å²) in [5, 5.41) is 1.35. The fourth-order valence-corrected chi connectivity index (χ4v) is 4.67. The summed E-state index contributed by atoms with van der Waals surface area (Å²) in [6.07, 6.45) is 3.21. The maximum Gasteiger partial charge on any atom is 0.311 e. The Bertz CT molecular complexity index is 1220. The molecule has 3 rings (SSSR count). The molecule has 0 radical (unpaired) electrons. The number of carbonyl (C=O) groups is 1. The summed E-state index contributed by atoms with van der Waals surface area (Å²) in [4.78, 5) is 14.7. The molecule has 0 N–H and O–H groups in total. The molecule has 0 saturated heterocycles. The van der Waals surface area contributed by atoms with Crippen molar-refractivity contribution in [2.45, 2.75) is 65.9 Å². The molecular weight excluding hydrogens is 485 g/mol. The first-order valence-electron chi connectivity index (χ1n) is 13.5. The smallest absolute Gasteiger partial charge is 0.311 e. The number of halogens is 1. The Balaban J connectivity index is 2.29. The monoisotopic (exact) mass is 525 g/mol. The number of rotatable bonds is 14. The number of anilines is 1. The van der Waals surface area contributed by atoms with Gasteiger partial charge >= 0.3 is 5.97 Å². The van der Waals surface area contributed by atoms with Gasteiger partial charge in [-0.3, -0.25) is 4.79 Å². The summed E-state index contributed by atoms with van der Waals surface area (Å²) < 4.78 is 39.0. The largest absolute Gasteiger partial charge is 0.490 e. The van der Waals surface area contributed by atoms with Crippen LogP contribution in [-0.2, 0) is 4.79 Å². The van der Waals surface area contributed by atoms with E-state index in [2.05, 4.69) is 25.7 Å². The third-order valence-electron chi connectivity index (χ3n) is 6.73. The predicted octanol–water partition coefficient (Wildman–Crippen LogP) is 7.86. The van der Waals surface area contributed by atoms with Crippen LogP contribution in [0.4, 0.5) is 10.1 Å². The molecule has 1 unspecified atom stereocenters. The van der Waals surface area contributed by atoms with E-state index in [9.17, 15) is 9.18 Å². The first-order chi connectivity index (χ1) is 18.4. The SMILES string of the molecule is CCCCCC(Oc1c(OC)c(OC)c(OC(=O)CC)c2cc(N(CC)CC)ccc12)c1ccccc1F. The Morgan fingerprint density at radius 1 is 0.868 bits per heavy atom. The molecular formula is C31H40FNO5. The Morgan fingerprint density at radius 3 is 2.16 bits per heavy atom. The zero-order chi connectivity index (χ0) is 27.7. The highest BCUT2D eigenvalue weighted by Crippen LogP contribution is 2.53. The van der Waals surface area contributed by atoms with E-state index in [1.165, 1.54) is 20.3 Å². The molecule has 7 heteroatoms. The number of methoxy groups -OCH3 is 2. The number of fused-ring (bicyclic) bond motifs is 1. The van der Waals surface area contributed by atoms with Crippen LogP contribution in [0.5, 0.6) is 23.0 Å². The molecule has 3 aromatic rings. The minimum atomic E-state index is -0.545.